The number of ether oxygens (including phenoxy) is 2. The number of anilines is 1. The van der Waals surface area contributed by atoms with Gasteiger partial charge in [-0.3, -0.25) is 28.0 Å². The summed E-state index contributed by atoms with van der Waals surface area (Å²) in [4.78, 5) is 59.0. The highest BCUT2D eigenvalue weighted by atomic mass is 35.5. The van der Waals surface area contributed by atoms with Crippen molar-refractivity contribution >= 4 is 81.4 Å². The van der Waals surface area contributed by atoms with Gasteiger partial charge in [0.05, 0.1) is 21.4 Å². The van der Waals surface area contributed by atoms with Gasteiger partial charge in [-0.2, -0.15) is 9.78 Å². The summed E-state index contributed by atoms with van der Waals surface area (Å²) in [6.45, 7) is 7.54. The van der Waals surface area contributed by atoms with E-state index < -0.39 is 71.1 Å². The largest absolute Gasteiger partial charge is 0.435 e. The van der Waals surface area contributed by atoms with Crippen LogP contribution in [-0.4, -0.2) is 59.5 Å². The first-order chi connectivity index (χ1) is 23.6. The predicted molar refractivity (Wildman–Crippen MR) is 186 cm³/mol. The highest BCUT2D eigenvalue weighted by molar-refractivity contribution is 7.93. The molecule has 278 valence electrons. The van der Waals surface area contributed by atoms with Gasteiger partial charge < -0.3 is 14.8 Å². The van der Waals surface area contributed by atoms with Gasteiger partial charge in [0, 0.05) is 28.2 Å². The first-order valence-corrected chi connectivity index (χ1v) is 18.8. The van der Waals surface area contributed by atoms with E-state index in [1.165, 1.54) is 43.4 Å². The van der Waals surface area contributed by atoms with E-state index in [1.807, 2.05) is 0 Å². The number of carbonyl (C=O) groups excluding carboxylic acids is 4. The van der Waals surface area contributed by atoms with Crippen LogP contribution in [0.1, 0.15) is 62.3 Å². The fourth-order valence-corrected chi connectivity index (χ4v) is 8.04. The van der Waals surface area contributed by atoms with E-state index in [-0.39, 0.29) is 37.6 Å². The van der Waals surface area contributed by atoms with Gasteiger partial charge in [-0.05, 0) is 82.6 Å². The van der Waals surface area contributed by atoms with Crippen LogP contribution in [-0.2, 0) is 52.8 Å². The first-order valence-electron chi connectivity index (χ1n) is 14.9. The lowest BCUT2D eigenvalue weighted by atomic mass is 9.98. The number of esters is 2. The van der Waals surface area contributed by atoms with Crippen molar-refractivity contribution in [3.63, 3.8) is 0 Å². The zero-order valence-corrected chi connectivity index (χ0v) is 31.9. The van der Waals surface area contributed by atoms with E-state index in [4.69, 9.17) is 51.8 Å². The maximum atomic E-state index is 14.4. The topological polar surface area (TPSA) is 190 Å². The Hall–Kier alpha value is -3.60. The number of sulfonamides is 1. The van der Waals surface area contributed by atoms with E-state index >= 15 is 0 Å². The molecule has 0 spiro atoms. The van der Waals surface area contributed by atoms with Crippen molar-refractivity contribution in [2.45, 2.75) is 46.4 Å². The third-order valence-corrected chi connectivity index (χ3v) is 10.4. The van der Waals surface area contributed by atoms with Crippen molar-refractivity contribution in [2.24, 2.45) is 10.8 Å². The van der Waals surface area contributed by atoms with Crippen molar-refractivity contribution in [1.82, 2.24) is 5.32 Å². The average molecular weight is 792 g/mol. The quantitative estimate of drug-likeness (QED) is 0.0328. The van der Waals surface area contributed by atoms with Gasteiger partial charge >= 0.3 is 19.5 Å². The SMILES string of the molecule is CNC(=O)c1cccc2c(C=O)c(N(CP(=O)(OOCOC(=O)C(C)(C)C)OOCOC(=O)C(C)(C)C)S(=O)(=O)c3cc(Cl)cc(Cl)c3)ccc12. The molecular weight excluding hydrogens is 754 g/mol. The van der Waals surface area contributed by atoms with Crippen LogP contribution in [0.25, 0.3) is 10.8 Å². The van der Waals surface area contributed by atoms with E-state index in [0.29, 0.717) is 10.6 Å². The summed E-state index contributed by atoms with van der Waals surface area (Å²) in [6.07, 6.45) is -0.919. The molecule has 0 aliphatic carbocycles. The number of hydrogen-bond acceptors (Lipinski definition) is 13. The van der Waals surface area contributed by atoms with Gasteiger partial charge in [0.1, 0.15) is 6.29 Å². The molecule has 1 N–H and O–H groups in total. The Morgan fingerprint density at radius 2 is 1.37 bits per heavy atom. The molecule has 1 amide bonds. The van der Waals surface area contributed by atoms with E-state index in [0.717, 1.165) is 12.1 Å². The fourth-order valence-electron chi connectivity index (χ4n) is 4.14. The van der Waals surface area contributed by atoms with Crippen LogP contribution in [0.3, 0.4) is 0 Å². The number of halogens is 2. The zero-order valence-electron chi connectivity index (χ0n) is 28.7. The standard InChI is InChI=1S/C32H37Cl2N2O13PS/c1-31(2,3)29(39)44-18-46-48-50(41,49-47-19-45-30(40)32(4,5)6)17-36(51(42,43)22-14-20(33)13-21(34)15-22)27-12-11-24-23(26(27)16-37)9-8-10-25(24)28(38)35-7/h8-16H,17-19H2,1-7H3,(H,35,38). The molecule has 0 unspecified atom stereocenters. The number of nitrogens with one attached hydrogen (secondary N) is 1. The van der Waals surface area contributed by atoms with Crippen molar-refractivity contribution < 1.29 is 60.8 Å². The Kier molecular flexibility index (Phi) is 13.8. The van der Waals surface area contributed by atoms with Gasteiger partial charge in [0.15, 0.2) is 6.29 Å². The van der Waals surface area contributed by atoms with Gasteiger partial charge in [-0.25, -0.2) is 8.42 Å². The normalized spacial score (nSPS) is 12.3. The van der Waals surface area contributed by atoms with E-state index in [9.17, 15) is 32.2 Å². The Balaban J connectivity index is 2.17. The smallest absolute Gasteiger partial charge is 0.404 e. The van der Waals surface area contributed by atoms with Crippen molar-refractivity contribution in [1.29, 1.82) is 0 Å². The van der Waals surface area contributed by atoms with Gasteiger partial charge in [-0.1, -0.05) is 41.4 Å². The maximum absolute atomic E-state index is 14.4. The number of hydrogen-bond donors (Lipinski definition) is 1. The molecule has 0 atom stereocenters. The molecule has 51 heavy (non-hydrogen) atoms. The third-order valence-electron chi connectivity index (χ3n) is 6.70. The molecular formula is C32H37Cl2N2O13PS. The number of carbonyl (C=O) groups is 4. The highest BCUT2D eigenvalue weighted by Crippen LogP contribution is 2.51. The fraction of sp³-hybridized carbons (Fsp3) is 0.375. The molecule has 0 aromatic heterocycles. The van der Waals surface area contributed by atoms with Crippen LogP contribution in [0.15, 0.2) is 53.4 Å². The van der Waals surface area contributed by atoms with Gasteiger partial charge in [0.25, 0.3) is 15.9 Å². The zero-order chi connectivity index (χ0) is 38.4. The molecule has 0 aliphatic rings. The summed E-state index contributed by atoms with van der Waals surface area (Å²) in [6, 6.07) is 10.4. The Labute approximate surface area is 304 Å². The molecule has 15 nitrogen and oxygen atoms in total. The second kappa shape index (κ2) is 16.8. The first kappa shape index (κ1) is 41.8. The number of aldehydes is 1. The van der Waals surface area contributed by atoms with Gasteiger partial charge in [-0.15, -0.1) is 9.35 Å². The van der Waals surface area contributed by atoms with Crippen molar-refractivity contribution in [3.8, 4) is 0 Å². The second-order valence-corrected chi connectivity index (χ2v) is 17.3. The monoisotopic (exact) mass is 790 g/mol. The van der Waals surface area contributed by atoms with Gasteiger partial charge in [0.2, 0.25) is 13.6 Å². The molecule has 0 saturated heterocycles. The second-order valence-electron chi connectivity index (χ2n) is 12.8. The lowest BCUT2D eigenvalue weighted by molar-refractivity contribution is -0.309. The molecule has 19 heteroatoms. The van der Waals surface area contributed by atoms with Crippen LogP contribution < -0.4 is 9.62 Å². The molecule has 3 rings (SSSR count). The summed E-state index contributed by atoms with van der Waals surface area (Å²) in [5.74, 6) is -1.93. The van der Waals surface area contributed by atoms with Crippen LogP contribution >= 0.6 is 30.8 Å². The van der Waals surface area contributed by atoms with Crippen LogP contribution in [0, 0.1) is 10.8 Å². The van der Waals surface area contributed by atoms with E-state index in [2.05, 4.69) is 5.32 Å². The minimum absolute atomic E-state index is 0.0750. The number of fused-ring (bicyclic) bond motifs is 1. The maximum Gasteiger partial charge on any atom is 0.404 e. The van der Waals surface area contributed by atoms with Crippen molar-refractivity contribution in [3.05, 3.63) is 69.7 Å². The molecule has 3 aromatic carbocycles. The Morgan fingerprint density at radius 3 is 1.84 bits per heavy atom. The highest BCUT2D eigenvalue weighted by Gasteiger charge is 2.40. The Bertz CT molecular complexity index is 1900. The number of rotatable bonds is 15. The van der Waals surface area contributed by atoms with E-state index in [1.54, 1.807) is 41.5 Å². The summed E-state index contributed by atoms with van der Waals surface area (Å²) in [7, 11) is -8.50. The molecule has 0 radical (unpaired) electrons. The van der Waals surface area contributed by atoms with Crippen LogP contribution in [0.4, 0.5) is 5.69 Å². The molecule has 0 heterocycles. The number of benzene rings is 3. The molecule has 0 saturated carbocycles. The summed E-state index contributed by atoms with van der Waals surface area (Å²) in [5, 5.41) is 2.79. The molecule has 3 aromatic rings. The summed E-state index contributed by atoms with van der Waals surface area (Å²) >= 11 is 12.3. The number of nitrogens with zero attached hydrogens (tertiary/aromatic N) is 1. The molecule has 0 bridgehead atoms. The summed E-state index contributed by atoms with van der Waals surface area (Å²) < 4.78 is 63.5. The van der Waals surface area contributed by atoms with Crippen LogP contribution in [0.5, 0.6) is 0 Å². The number of amides is 1. The minimum atomic E-state index is -5.03. The third kappa shape index (κ3) is 10.7. The Morgan fingerprint density at radius 1 is 0.843 bits per heavy atom. The summed E-state index contributed by atoms with van der Waals surface area (Å²) in [5.41, 5.74) is -2.33. The van der Waals surface area contributed by atoms with Crippen molar-refractivity contribution in [2.75, 3.05) is 31.2 Å². The minimum Gasteiger partial charge on any atom is -0.435 e. The molecule has 0 fully saturated rings. The molecule has 0 aliphatic heterocycles. The average Bonchev–Trinajstić information content (AvgIpc) is 3.04. The lowest BCUT2D eigenvalue weighted by Crippen LogP contribution is -2.34. The lowest BCUT2D eigenvalue weighted by Gasteiger charge is -2.29. The predicted octanol–water partition coefficient (Wildman–Crippen LogP) is 6.65. The van der Waals surface area contributed by atoms with Crippen LogP contribution in [0.2, 0.25) is 10.0 Å².